The Kier molecular flexibility index (Phi) is 6.63. The van der Waals surface area contributed by atoms with Gasteiger partial charge in [-0.1, -0.05) is 57.8 Å². The quantitative estimate of drug-likeness (QED) is 0.362. The molecule has 3 aromatic rings. The smallest absolute Gasteiger partial charge is 0.120 e. The number of rotatable bonds is 6. The third-order valence-corrected chi connectivity index (χ3v) is 5.96. The summed E-state index contributed by atoms with van der Waals surface area (Å²) in [5.74, 6) is -0.0538. The molecule has 144 valence electrons. The molecule has 3 atom stereocenters. The lowest BCUT2D eigenvalue weighted by Crippen LogP contribution is -2.19. The van der Waals surface area contributed by atoms with E-state index in [2.05, 4.69) is 58.1 Å². The maximum Gasteiger partial charge on any atom is 0.120 e. The molecule has 0 N–H and O–H groups in total. The second-order valence-corrected chi connectivity index (χ2v) is 8.52. The minimum atomic E-state index is -0.481. The van der Waals surface area contributed by atoms with Crippen LogP contribution in [0, 0.1) is 24.7 Å². The summed E-state index contributed by atoms with van der Waals surface area (Å²) in [6.07, 6.45) is 1.73. The summed E-state index contributed by atoms with van der Waals surface area (Å²) in [4.78, 5) is 16.2. The third-order valence-electron chi connectivity index (χ3n) is 5.20. The fraction of sp³-hybridized carbons (Fsp3) is 0.261. The van der Waals surface area contributed by atoms with Crippen LogP contribution in [0.15, 0.2) is 70.4 Å². The van der Waals surface area contributed by atoms with E-state index < -0.39 is 6.04 Å². The van der Waals surface area contributed by atoms with Gasteiger partial charge in [0.2, 0.25) is 0 Å². The van der Waals surface area contributed by atoms with Gasteiger partial charge in [0.05, 0.1) is 0 Å². The molecule has 0 saturated carbocycles. The van der Waals surface area contributed by atoms with E-state index in [9.17, 15) is 4.91 Å². The molecule has 3 nitrogen and oxygen atoms in total. The Morgan fingerprint density at radius 2 is 1.71 bits per heavy atom. The normalized spacial score (nSPS) is 14.3. The van der Waals surface area contributed by atoms with Crippen molar-refractivity contribution in [3.63, 3.8) is 0 Å². The van der Waals surface area contributed by atoms with Crippen LogP contribution >= 0.6 is 27.5 Å². The van der Waals surface area contributed by atoms with E-state index in [0.29, 0.717) is 5.02 Å². The molecule has 5 heteroatoms. The maximum absolute atomic E-state index is 11.9. The Hall–Kier alpha value is -2.04. The lowest BCUT2D eigenvalue weighted by Gasteiger charge is -2.30. The van der Waals surface area contributed by atoms with Crippen LogP contribution in [0.3, 0.4) is 0 Å². The van der Waals surface area contributed by atoms with Crippen molar-refractivity contribution in [1.82, 2.24) is 4.98 Å². The van der Waals surface area contributed by atoms with Crippen molar-refractivity contribution in [3.05, 3.63) is 103 Å². The first-order valence-corrected chi connectivity index (χ1v) is 10.3. The van der Waals surface area contributed by atoms with Gasteiger partial charge in [0, 0.05) is 27.3 Å². The molecule has 0 spiro atoms. The lowest BCUT2D eigenvalue weighted by atomic mass is 9.75. The molecule has 0 saturated heterocycles. The Morgan fingerprint density at radius 1 is 1.00 bits per heavy atom. The Labute approximate surface area is 179 Å². The Morgan fingerprint density at radius 3 is 2.32 bits per heavy atom. The third kappa shape index (κ3) is 4.50. The molecule has 0 fully saturated rings. The van der Waals surface area contributed by atoms with E-state index in [-0.39, 0.29) is 11.8 Å². The molecular weight excluding hydrogens is 436 g/mol. The summed E-state index contributed by atoms with van der Waals surface area (Å²) >= 11 is 9.70. The standard InChI is InChI=1S/C23H22BrClN2O/c1-14-12-20(25)8-9-21(14)22(17-4-6-19(24)7-5-17)16(3)23(27-28)18-10-11-26-15(2)13-18/h4-13,16,22-23H,1-3H3/t16?,22-,23?/m1/s1. The van der Waals surface area contributed by atoms with Crippen molar-refractivity contribution < 1.29 is 0 Å². The van der Waals surface area contributed by atoms with Gasteiger partial charge in [0.1, 0.15) is 6.04 Å². The van der Waals surface area contributed by atoms with E-state index in [4.69, 9.17) is 11.6 Å². The van der Waals surface area contributed by atoms with E-state index >= 15 is 0 Å². The summed E-state index contributed by atoms with van der Waals surface area (Å²) in [5, 5.41) is 4.23. The molecule has 0 aliphatic carbocycles. The van der Waals surface area contributed by atoms with Crippen molar-refractivity contribution in [2.45, 2.75) is 32.7 Å². The summed E-state index contributed by atoms with van der Waals surface area (Å²) in [7, 11) is 0. The highest BCUT2D eigenvalue weighted by Crippen LogP contribution is 2.42. The van der Waals surface area contributed by atoms with Crippen LogP contribution in [0.1, 0.15) is 46.8 Å². The second-order valence-electron chi connectivity index (χ2n) is 7.17. The SMILES string of the molecule is Cc1cc(C(N=O)C(C)[C@H](c2ccc(Br)cc2)c2ccc(Cl)cc2C)ccn1. The zero-order chi connectivity index (χ0) is 20.3. The van der Waals surface area contributed by atoms with Crippen molar-refractivity contribution in [1.29, 1.82) is 0 Å². The van der Waals surface area contributed by atoms with Gasteiger partial charge >= 0.3 is 0 Å². The molecule has 28 heavy (non-hydrogen) atoms. The number of halogens is 2. The Bertz CT molecular complexity index is 975. The summed E-state index contributed by atoms with van der Waals surface area (Å²) in [5.41, 5.74) is 5.16. The van der Waals surface area contributed by atoms with Gasteiger partial charge in [-0.2, -0.15) is 4.91 Å². The first kappa shape index (κ1) is 20.7. The number of aryl methyl sites for hydroxylation is 2. The van der Waals surface area contributed by atoms with Crippen LogP contribution in [-0.4, -0.2) is 4.98 Å². The van der Waals surface area contributed by atoms with Crippen LogP contribution in [0.5, 0.6) is 0 Å². The zero-order valence-electron chi connectivity index (χ0n) is 16.1. The van der Waals surface area contributed by atoms with Gasteiger partial charge in [-0.05, 0) is 78.4 Å². The highest BCUT2D eigenvalue weighted by molar-refractivity contribution is 9.10. The molecule has 1 aromatic heterocycles. The van der Waals surface area contributed by atoms with E-state index in [1.54, 1.807) is 6.20 Å². The van der Waals surface area contributed by atoms with Gasteiger partial charge in [-0.15, -0.1) is 0 Å². The van der Waals surface area contributed by atoms with Gasteiger partial charge in [0.25, 0.3) is 0 Å². The molecule has 2 aromatic carbocycles. The highest BCUT2D eigenvalue weighted by atomic mass is 79.9. The Balaban J connectivity index is 2.11. The zero-order valence-corrected chi connectivity index (χ0v) is 18.4. The fourth-order valence-corrected chi connectivity index (χ4v) is 4.31. The minimum absolute atomic E-state index is 0.00142. The predicted molar refractivity (Wildman–Crippen MR) is 119 cm³/mol. The topological polar surface area (TPSA) is 42.3 Å². The van der Waals surface area contributed by atoms with Crippen molar-refractivity contribution >= 4 is 27.5 Å². The van der Waals surface area contributed by atoms with Crippen LogP contribution in [-0.2, 0) is 0 Å². The van der Waals surface area contributed by atoms with Crippen molar-refractivity contribution in [2.24, 2.45) is 11.1 Å². The van der Waals surface area contributed by atoms with Gasteiger partial charge in [-0.25, -0.2) is 0 Å². The molecule has 0 amide bonds. The van der Waals surface area contributed by atoms with E-state index in [1.807, 2.05) is 43.3 Å². The number of pyridine rings is 1. The molecule has 1 heterocycles. The molecular formula is C23H22BrClN2O. The van der Waals surface area contributed by atoms with E-state index in [1.165, 1.54) is 0 Å². The highest BCUT2D eigenvalue weighted by Gasteiger charge is 2.31. The molecule has 3 rings (SSSR count). The molecule has 2 unspecified atom stereocenters. The maximum atomic E-state index is 11.9. The number of hydrogen-bond acceptors (Lipinski definition) is 3. The van der Waals surface area contributed by atoms with E-state index in [0.717, 1.165) is 32.4 Å². The van der Waals surface area contributed by atoms with Crippen LogP contribution in [0.2, 0.25) is 5.02 Å². The van der Waals surface area contributed by atoms with Gasteiger partial charge in [0.15, 0.2) is 0 Å². The second kappa shape index (κ2) is 8.97. The first-order chi connectivity index (χ1) is 13.4. The van der Waals surface area contributed by atoms with Crippen molar-refractivity contribution in [2.75, 3.05) is 0 Å². The summed E-state index contributed by atoms with van der Waals surface area (Å²) < 4.78 is 1.02. The monoisotopic (exact) mass is 456 g/mol. The molecule has 0 radical (unpaired) electrons. The first-order valence-electron chi connectivity index (χ1n) is 9.17. The van der Waals surface area contributed by atoms with Crippen LogP contribution in [0.4, 0.5) is 0 Å². The summed E-state index contributed by atoms with van der Waals surface area (Å²) in [6, 6.07) is 17.5. The van der Waals surface area contributed by atoms with Gasteiger partial charge in [-0.3, -0.25) is 4.98 Å². The molecule has 0 bridgehead atoms. The fourth-order valence-electron chi connectivity index (χ4n) is 3.82. The number of hydrogen-bond donors (Lipinski definition) is 0. The molecule has 0 aliphatic heterocycles. The van der Waals surface area contributed by atoms with Gasteiger partial charge < -0.3 is 0 Å². The number of nitroso groups, excluding NO2 is 1. The number of aromatic nitrogens is 1. The summed E-state index contributed by atoms with van der Waals surface area (Å²) in [6.45, 7) is 6.06. The molecule has 0 aliphatic rings. The lowest BCUT2D eigenvalue weighted by molar-refractivity contribution is 0.420. The van der Waals surface area contributed by atoms with Crippen LogP contribution < -0.4 is 0 Å². The number of nitrogens with zero attached hydrogens (tertiary/aromatic N) is 2. The van der Waals surface area contributed by atoms with Crippen LogP contribution in [0.25, 0.3) is 0 Å². The van der Waals surface area contributed by atoms with Crippen molar-refractivity contribution in [3.8, 4) is 0 Å². The average molecular weight is 458 g/mol. The minimum Gasteiger partial charge on any atom is -0.262 e. The predicted octanol–water partition coefficient (Wildman–Crippen LogP) is 7.39. The number of benzene rings is 2. The largest absolute Gasteiger partial charge is 0.262 e. The average Bonchev–Trinajstić information content (AvgIpc) is 2.66.